The van der Waals surface area contributed by atoms with Crippen LogP contribution in [0.4, 0.5) is 26.3 Å². The van der Waals surface area contributed by atoms with Gasteiger partial charge in [-0.2, -0.15) is 26.3 Å². The largest absolute Gasteiger partial charge is 0.416 e. The van der Waals surface area contributed by atoms with E-state index in [0.29, 0.717) is 17.7 Å². The van der Waals surface area contributed by atoms with Gasteiger partial charge in [-0.15, -0.1) is 0 Å². The maximum atomic E-state index is 12.8. The summed E-state index contributed by atoms with van der Waals surface area (Å²) in [6, 6.07) is 9.42. The van der Waals surface area contributed by atoms with E-state index in [-0.39, 0.29) is 12.5 Å². The van der Waals surface area contributed by atoms with Gasteiger partial charge in [-0.1, -0.05) is 30.3 Å². The topological polar surface area (TPSA) is 20.2 Å². The molecule has 0 amide bonds. The van der Waals surface area contributed by atoms with Crippen LogP contribution in [0.1, 0.15) is 28.4 Å². The van der Waals surface area contributed by atoms with Crippen molar-refractivity contribution in [2.45, 2.75) is 24.9 Å². The molecule has 2 aromatic rings. The number of aliphatic hydroxyl groups excluding tert-OH is 1. The smallest absolute Gasteiger partial charge is 0.388 e. The molecule has 2 aromatic carbocycles. The summed E-state index contributed by atoms with van der Waals surface area (Å²) in [4.78, 5) is 0. The van der Waals surface area contributed by atoms with E-state index < -0.39 is 35.1 Å². The van der Waals surface area contributed by atoms with Gasteiger partial charge in [0.05, 0.1) is 17.2 Å². The molecular formula is C16H12F6O. The Morgan fingerprint density at radius 1 is 0.783 bits per heavy atom. The van der Waals surface area contributed by atoms with Gasteiger partial charge in [0.15, 0.2) is 0 Å². The average molecular weight is 334 g/mol. The molecule has 0 bridgehead atoms. The molecule has 0 aromatic heterocycles. The lowest BCUT2D eigenvalue weighted by atomic mass is 9.97. The zero-order valence-electron chi connectivity index (χ0n) is 11.6. The average Bonchev–Trinajstić information content (AvgIpc) is 2.46. The third kappa shape index (κ3) is 4.48. The Labute approximate surface area is 128 Å². The summed E-state index contributed by atoms with van der Waals surface area (Å²) in [7, 11) is 0. The summed E-state index contributed by atoms with van der Waals surface area (Å²) in [6.45, 7) is 0. The van der Waals surface area contributed by atoms with Gasteiger partial charge in [-0.25, -0.2) is 0 Å². The number of halogens is 6. The molecule has 124 valence electrons. The zero-order valence-corrected chi connectivity index (χ0v) is 11.6. The number of aliphatic hydroxyl groups is 1. The fourth-order valence-corrected chi connectivity index (χ4v) is 2.13. The van der Waals surface area contributed by atoms with Crippen LogP contribution in [0.3, 0.4) is 0 Å². The predicted molar refractivity (Wildman–Crippen MR) is 71.6 cm³/mol. The highest BCUT2D eigenvalue weighted by molar-refractivity contribution is 5.35. The number of benzene rings is 2. The van der Waals surface area contributed by atoms with Crippen molar-refractivity contribution in [2.75, 3.05) is 0 Å². The van der Waals surface area contributed by atoms with E-state index in [2.05, 4.69) is 0 Å². The summed E-state index contributed by atoms with van der Waals surface area (Å²) in [5.74, 6) is 0. The summed E-state index contributed by atoms with van der Waals surface area (Å²) >= 11 is 0. The number of hydrogen-bond donors (Lipinski definition) is 1. The Balaban J connectivity index is 2.40. The molecule has 2 rings (SSSR count). The third-order valence-corrected chi connectivity index (χ3v) is 3.27. The molecule has 0 heterocycles. The van der Waals surface area contributed by atoms with Gasteiger partial charge in [0.1, 0.15) is 0 Å². The Bertz CT molecular complexity index is 628. The molecule has 0 unspecified atom stereocenters. The lowest BCUT2D eigenvalue weighted by Crippen LogP contribution is -2.13. The van der Waals surface area contributed by atoms with E-state index in [1.165, 1.54) is 0 Å². The van der Waals surface area contributed by atoms with Crippen molar-refractivity contribution < 1.29 is 31.4 Å². The minimum atomic E-state index is -4.93. The van der Waals surface area contributed by atoms with Crippen LogP contribution in [-0.2, 0) is 18.8 Å². The van der Waals surface area contributed by atoms with Gasteiger partial charge in [-0.3, -0.25) is 0 Å². The molecule has 23 heavy (non-hydrogen) atoms. The van der Waals surface area contributed by atoms with Crippen molar-refractivity contribution in [2.24, 2.45) is 0 Å². The van der Waals surface area contributed by atoms with Crippen molar-refractivity contribution in [1.29, 1.82) is 0 Å². The van der Waals surface area contributed by atoms with Gasteiger partial charge in [0, 0.05) is 6.42 Å². The van der Waals surface area contributed by atoms with Gasteiger partial charge in [-0.05, 0) is 29.3 Å². The normalized spacial score (nSPS) is 13.9. The third-order valence-electron chi connectivity index (χ3n) is 3.27. The number of rotatable bonds is 3. The second kappa shape index (κ2) is 6.23. The SMILES string of the molecule is O[C@@H](Cc1ccccc1)c1cc(C(F)(F)F)cc(C(F)(F)F)c1. The molecule has 0 saturated carbocycles. The van der Waals surface area contributed by atoms with Gasteiger partial charge in [0.2, 0.25) is 0 Å². The second-order valence-electron chi connectivity index (χ2n) is 5.04. The van der Waals surface area contributed by atoms with E-state index in [1.54, 1.807) is 30.3 Å². The minimum Gasteiger partial charge on any atom is -0.388 e. The zero-order chi connectivity index (χ0) is 17.3. The number of hydrogen-bond acceptors (Lipinski definition) is 1. The Morgan fingerprint density at radius 2 is 1.26 bits per heavy atom. The van der Waals surface area contributed by atoms with Crippen LogP contribution in [0.15, 0.2) is 48.5 Å². The van der Waals surface area contributed by atoms with Gasteiger partial charge in [0.25, 0.3) is 0 Å². The number of alkyl halides is 6. The van der Waals surface area contributed by atoms with Crippen molar-refractivity contribution in [3.63, 3.8) is 0 Å². The first-order chi connectivity index (χ1) is 10.6. The molecule has 1 N–H and O–H groups in total. The first kappa shape index (κ1) is 17.3. The van der Waals surface area contributed by atoms with Crippen LogP contribution in [0.2, 0.25) is 0 Å². The first-order valence-electron chi connectivity index (χ1n) is 6.59. The summed E-state index contributed by atoms with van der Waals surface area (Å²) in [6.07, 6.45) is -11.4. The molecular weight excluding hydrogens is 322 g/mol. The Morgan fingerprint density at radius 3 is 1.70 bits per heavy atom. The standard InChI is InChI=1S/C16H12F6O/c17-15(18,19)12-7-11(8-13(9-12)16(20,21)22)14(23)6-10-4-2-1-3-5-10/h1-5,7-9,14,23H,6H2/t14-/m0/s1. The van der Waals surface area contributed by atoms with E-state index in [0.717, 1.165) is 0 Å². The monoisotopic (exact) mass is 334 g/mol. The maximum absolute atomic E-state index is 12.8. The van der Waals surface area contributed by atoms with Crippen LogP contribution in [0.5, 0.6) is 0 Å². The minimum absolute atomic E-state index is 0.0404. The first-order valence-corrected chi connectivity index (χ1v) is 6.59. The fourth-order valence-electron chi connectivity index (χ4n) is 2.13. The van der Waals surface area contributed by atoms with E-state index >= 15 is 0 Å². The molecule has 0 aliphatic heterocycles. The van der Waals surface area contributed by atoms with Gasteiger partial charge >= 0.3 is 12.4 Å². The summed E-state index contributed by atoms with van der Waals surface area (Å²) in [5, 5.41) is 10.0. The van der Waals surface area contributed by atoms with Crippen LogP contribution in [0, 0.1) is 0 Å². The second-order valence-corrected chi connectivity index (χ2v) is 5.04. The van der Waals surface area contributed by atoms with Crippen LogP contribution in [0.25, 0.3) is 0 Å². The Kier molecular flexibility index (Phi) is 4.70. The van der Waals surface area contributed by atoms with E-state index in [1.807, 2.05) is 0 Å². The summed E-state index contributed by atoms with van der Waals surface area (Å²) in [5.41, 5.74) is -2.69. The molecule has 7 heteroatoms. The van der Waals surface area contributed by atoms with Crippen molar-refractivity contribution in [3.05, 3.63) is 70.8 Å². The van der Waals surface area contributed by atoms with Crippen LogP contribution in [-0.4, -0.2) is 5.11 Å². The fraction of sp³-hybridized carbons (Fsp3) is 0.250. The lowest BCUT2D eigenvalue weighted by molar-refractivity contribution is -0.143. The Hall–Kier alpha value is -2.02. The highest BCUT2D eigenvalue weighted by Crippen LogP contribution is 2.37. The molecule has 0 fully saturated rings. The molecule has 0 aliphatic rings. The molecule has 0 radical (unpaired) electrons. The molecule has 0 spiro atoms. The van der Waals surface area contributed by atoms with E-state index in [4.69, 9.17) is 0 Å². The van der Waals surface area contributed by atoms with E-state index in [9.17, 15) is 31.4 Å². The molecule has 1 nitrogen and oxygen atoms in total. The molecule has 0 aliphatic carbocycles. The highest BCUT2D eigenvalue weighted by atomic mass is 19.4. The van der Waals surface area contributed by atoms with Crippen molar-refractivity contribution in [3.8, 4) is 0 Å². The van der Waals surface area contributed by atoms with Gasteiger partial charge < -0.3 is 5.11 Å². The van der Waals surface area contributed by atoms with Crippen LogP contribution >= 0.6 is 0 Å². The van der Waals surface area contributed by atoms with Crippen LogP contribution < -0.4 is 0 Å². The van der Waals surface area contributed by atoms with Crippen molar-refractivity contribution in [1.82, 2.24) is 0 Å². The molecule has 0 saturated heterocycles. The maximum Gasteiger partial charge on any atom is 0.416 e. The predicted octanol–water partition coefficient (Wildman–Crippen LogP) is 5.00. The van der Waals surface area contributed by atoms with Crippen molar-refractivity contribution >= 4 is 0 Å². The highest BCUT2D eigenvalue weighted by Gasteiger charge is 2.37. The summed E-state index contributed by atoms with van der Waals surface area (Å²) < 4.78 is 76.7. The quantitative estimate of drug-likeness (QED) is 0.783. The molecule has 1 atom stereocenters. The lowest BCUT2D eigenvalue weighted by Gasteiger charge is -2.17.